The Hall–Kier alpha value is -2.66. The van der Waals surface area contributed by atoms with Crippen LogP contribution >= 0.6 is 0 Å². The zero-order chi connectivity index (χ0) is 23.8. The van der Waals surface area contributed by atoms with Crippen LogP contribution in [0.5, 0.6) is 11.5 Å². The average molecular weight is 463 g/mol. The van der Waals surface area contributed by atoms with Crippen molar-refractivity contribution < 1.29 is 43.9 Å². The van der Waals surface area contributed by atoms with Crippen molar-refractivity contribution in [1.82, 2.24) is 5.32 Å². The van der Waals surface area contributed by atoms with Crippen LogP contribution in [-0.4, -0.2) is 76.7 Å². The number of aliphatic hydroxyl groups is 2. The summed E-state index contributed by atoms with van der Waals surface area (Å²) in [5.41, 5.74) is 0.0241. The molecule has 2 saturated heterocycles. The van der Waals surface area contributed by atoms with E-state index in [2.05, 4.69) is 5.32 Å². The summed E-state index contributed by atoms with van der Waals surface area (Å²) in [6, 6.07) is 4.51. The van der Waals surface area contributed by atoms with Gasteiger partial charge in [0.15, 0.2) is 23.7 Å². The highest BCUT2D eigenvalue weighted by Crippen LogP contribution is 2.45. The summed E-state index contributed by atoms with van der Waals surface area (Å²) in [4.78, 5) is 24.4. The third-order valence-electron chi connectivity index (χ3n) is 6.62. The van der Waals surface area contributed by atoms with Gasteiger partial charge in [-0.2, -0.15) is 0 Å². The van der Waals surface area contributed by atoms with Crippen LogP contribution in [0.2, 0.25) is 0 Å². The molecule has 1 aliphatic carbocycles. The Labute approximate surface area is 191 Å². The molecule has 4 rings (SSSR count). The minimum atomic E-state index is -1.98. The molecule has 2 bridgehead atoms. The van der Waals surface area contributed by atoms with E-state index >= 15 is 0 Å². The molecule has 180 valence electrons. The summed E-state index contributed by atoms with van der Waals surface area (Å²) >= 11 is 0. The lowest BCUT2D eigenvalue weighted by atomic mass is 9.77. The predicted octanol–water partition coefficient (Wildman–Crippen LogP) is 0.622. The van der Waals surface area contributed by atoms with Crippen LogP contribution in [0.25, 0.3) is 6.08 Å². The topological polar surface area (TPSA) is 144 Å². The van der Waals surface area contributed by atoms with Crippen molar-refractivity contribution >= 4 is 18.0 Å². The number of rotatable bonds is 5. The molecule has 0 amide bonds. The van der Waals surface area contributed by atoms with Gasteiger partial charge in [-0.3, -0.25) is 4.79 Å². The Bertz CT molecular complexity index is 942. The van der Waals surface area contributed by atoms with Gasteiger partial charge in [0.1, 0.15) is 12.2 Å². The van der Waals surface area contributed by atoms with Crippen LogP contribution in [-0.2, 0) is 23.8 Å². The Morgan fingerprint density at radius 3 is 2.64 bits per heavy atom. The molecule has 1 spiro atoms. The molecule has 10 heteroatoms. The maximum atomic E-state index is 12.6. The number of esters is 2. The highest BCUT2D eigenvalue weighted by molar-refractivity contribution is 5.87. The lowest BCUT2D eigenvalue weighted by Crippen LogP contribution is -2.79. The lowest BCUT2D eigenvalue weighted by Gasteiger charge is -2.57. The number of carbonyl (C=O) groups is 2. The monoisotopic (exact) mass is 463 g/mol. The first-order chi connectivity index (χ1) is 15.7. The summed E-state index contributed by atoms with van der Waals surface area (Å²) in [6.07, 6.45) is 1.08. The van der Waals surface area contributed by atoms with Crippen LogP contribution < -0.4 is 10.1 Å². The molecule has 1 aromatic carbocycles. The van der Waals surface area contributed by atoms with Crippen LogP contribution in [0, 0.1) is 0 Å². The average Bonchev–Trinajstić information content (AvgIpc) is 3.25. The number of β-amino-alcohol motifs (C(OH)–C–C–N with tert-alkyl or cyclic N) is 1. The largest absolute Gasteiger partial charge is 0.504 e. The number of phenolic OH excluding ortho intramolecular Hbond substituents is 1. The number of hydrogen-bond acceptors (Lipinski definition) is 10. The predicted molar refractivity (Wildman–Crippen MR) is 114 cm³/mol. The molecule has 3 fully saturated rings. The molecule has 3 aliphatic rings. The fourth-order valence-corrected chi connectivity index (χ4v) is 5.03. The normalized spacial score (nSPS) is 32.6. The lowest BCUT2D eigenvalue weighted by molar-refractivity contribution is -0.372. The SMILES string of the molecule is COc1cc(C=CC(=O)OC2C(OC(C)=O)C(O)C3OC2(O)CNC32CCCC2)ccc1O. The smallest absolute Gasteiger partial charge is 0.331 e. The van der Waals surface area contributed by atoms with Crippen molar-refractivity contribution in [3.05, 3.63) is 29.8 Å². The van der Waals surface area contributed by atoms with E-state index in [1.807, 2.05) is 0 Å². The number of nitrogens with one attached hydrogen (secondary N) is 1. The molecule has 4 N–H and O–H groups in total. The first-order valence-corrected chi connectivity index (χ1v) is 10.9. The molecule has 1 aromatic rings. The second kappa shape index (κ2) is 8.94. The van der Waals surface area contributed by atoms with Crippen LogP contribution in [0.3, 0.4) is 0 Å². The molecular formula is C23H29NO9. The molecule has 0 aromatic heterocycles. The number of benzene rings is 1. The number of aromatic hydroxyl groups is 1. The molecular weight excluding hydrogens is 434 g/mol. The number of hydrogen-bond donors (Lipinski definition) is 4. The fourth-order valence-electron chi connectivity index (χ4n) is 5.03. The summed E-state index contributed by atoms with van der Waals surface area (Å²) in [5.74, 6) is -3.31. The van der Waals surface area contributed by atoms with E-state index in [0.717, 1.165) is 31.8 Å². The van der Waals surface area contributed by atoms with Crippen molar-refractivity contribution in [2.45, 2.75) is 68.3 Å². The number of phenols is 1. The standard InChI is InChI=1S/C23H29NO9/c1-13(25)31-19-18(28)20-22(9-3-4-10-22)24-12-23(29,33-20)21(19)32-17(27)8-6-14-5-7-15(26)16(11-14)30-2/h5-8,11,18-21,24,26,28-29H,3-4,9-10,12H2,1-2H3. The number of morpholine rings is 1. The van der Waals surface area contributed by atoms with E-state index in [1.165, 1.54) is 32.2 Å². The van der Waals surface area contributed by atoms with Gasteiger partial charge in [0.25, 0.3) is 0 Å². The second-order valence-corrected chi connectivity index (χ2v) is 8.79. The van der Waals surface area contributed by atoms with Gasteiger partial charge in [0.05, 0.1) is 13.7 Å². The van der Waals surface area contributed by atoms with Gasteiger partial charge in [0.2, 0.25) is 5.79 Å². The summed E-state index contributed by atoms with van der Waals surface area (Å²) < 4.78 is 21.7. The maximum Gasteiger partial charge on any atom is 0.331 e. The van der Waals surface area contributed by atoms with Crippen molar-refractivity contribution in [3.8, 4) is 11.5 Å². The molecule has 0 radical (unpaired) electrons. The Kier molecular flexibility index (Phi) is 6.37. The number of carbonyl (C=O) groups excluding carboxylic acids is 2. The number of aliphatic hydroxyl groups excluding tert-OH is 1. The van der Waals surface area contributed by atoms with Gasteiger partial charge in [-0.15, -0.1) is 0 Å². The zero-order valence-corrected chi connectivity index (χ0v) is 18.5. The third kappa shape index (κ3) is 4.43. The molecule has 33 heavy (non-hydrogen) atoms. The van der Waals surface area contributed by atoms with Gasteiger partial charge in [-0.1, -0.05) is 18.9 Å². The zero-order valence-electron chi connectivity index (χ0n) is 18.5. The maximum absolute atomic E-state index is 12.6. The van der Waals surface area contributed by atoms with E-state index in [1.54, 1.807) is 6.07 Å². The van der Waals surface area contributed by atoms with Crippen molar-refractivity contribution in [2.75, 3.05) is 13.7 Å². The van der Waals surface area contributed by atoms with Gasteiger partial charge in [0, 0.05) is 18.5 Å². The van der Waals surface area contributed by atoms with E-state index in [0.29, 0.717) is 5.56 Å². The minimum Gasteiger partial charge on any atom is -0.504 e. The van der Waals surface area contributed by atoms with E-state index in [-0.39, 0.29) is 18.0 Å². The first-order valence-electron chi connectivity index (χ1n) is 10.9. The van der Waals surface area contributed by atoms with E-state index in [9.17, 15) is 24.9 Å². The van der Waals surface area contributed by atoms with Gasteiger partial charge in [-0.25, -0.2) is 4.79 Å². The number of ether oxygens (including phenoxy) is 4. The van der Waals surface area contributed by atoms with Crippen molar-refractivity contribution in [3.63, 3.8) is 0 Å². The summed E-state index contributed by atoms with van der Waals surface area (Å²) in [7, 11) is 1.40. The fraction of sp³-hybridized carbons (Fsp3) is 0.565. The molecule has 5 atom stereocenters. The van der Waals surface area contributed by atoms with Crippen molar-refractivity contribution in [1.29, 1.82) is 0 Å². The number of methoxy groups -OCH3 is 1. The van der Waals surface area contributed by atoms with Crippen LogP contribution in [0.1, 0.15) is 38.2 Å². The first kappa shape index (κ1) is 23.5. The van der Waals surface area contributed by atoms with Crippen LogP contribution in [0.4, 0.5) is 0 Å². The third-order valence-corrected chi connectivity index (χ3v) is 6.62. The molecule has 10 nitrogen and oxygen atoms in total. The number of fused-ring (bicyclic) bond motifs is 3. The van der Waals surface area contributed by atoms with Gasteiger partial charge < -0.3 is 39.6 Å². The van der Waals surface area contributed by atoms with Gasteiger partial charge in [-0.05, 0) is 36.6 Å². The van der Waals surface area contributed by atoms with Crippen molar-refractivity contribution in [2.24, 2.45) is 0 Å². The van der Waals surface area contributed by atoms with E-state index < -0.39 is 47.7 Å². The Morgan fingerprint density at radius 1 is 1.24 bits per heavy atom. The highest BCUT2D eigenvalue weighted by Gasteiger charge is 2.65. The molecule has 5 unspecified atom stereocenters. The second-order valence-electron chi connectivity index (χ2n) is 8.79. The highest BCUT2D eigenvalue weighted by atomic mass is 16.7. The van der Waals surface area contributed by atoms with Gasteiger partial charge >= 0.3 is 11.9 Å². The summed E-state index contributed by atoms with van der Waals surface area (Å²) in [5, 5.41) is 35.2. The summed E-state index contributed by atoms with van der Waals surface area (Å²) in [6.45, 7) is 1.13. The van der Waals surface area contributed by atoms with Crippen LogP contribution in [0.15, 0.2) is 24.3 Å². The quantitative estimate of drug-likeness (QED) is 0.362. The molecule has 2 heterocycles. The van der Waals surface area contributed by atoms with E-state index in [4.69, 9.17) is 18.9 Å². The molecule has 1 saturated carbocycles. The Morgan fingerprint density at radius 2 is 1.97 bits per heavy atom. The minimum absolute atomic E-state index is 0.0450. The Balaban J connectivity index is 1.55. The molecule has 2 aliphatic heterocycles.